The average molecular weight is 1080 g/mol. The van der Waals surface area contributed by atoms with Crippen LogP contribution in [0.25, 0.3) is 79.0 Å². The molecule has 0 aliphatic rings. The van der Waals surface area contributed by atoms with Gasteiger partial charge in [0.05, 0.1) is 44.1 Å². The standard InChI is InChI=1S/C71H49N9Si2/c1-8-26-50(27-9-1)67-74-68(79-63-43-25-24-42-62(63)77-61-41-23-22-40-59(61)72-70(77)79)76-69(75-67)80-64-47-45-58(82(54-34-16-5-17-35-54,55-36-18-6-19-37-55)56-38-20-7-21-39-56)49-66(64)78-65-48-57(44-46-60(65)73-71(78)80)81(51-28-10-2-11-29-51,52-30-12-3-13-31-52)53-32-14-4-15-33-53/h1-49H. The van der Waals surface area contributed by atoms with Crippen LogP contribution in [0.15, 0.2) is 297 Å². The predicted octanol–water partition coefficient (Wildman–Crippen LogP) is 9.78. The lowest BCUT2D eigenvalue weighted by Gasteiger charge is -2.34. The first-order valence-corrected chi connectivity index (χ1v) is 31.7. The Morgan fingerprint density at radius 2 is 0.573 bits per heavy atom. The maximum atomic E-state index is 5.69. The van der Waals surface area contributed by atoms with Gasteiger partial charge in [0.15, 0.2) is 22.0 Å². The highest BCUT2D eigenvalue weighted by Gasteiger charge is 2.43. The van der Waals surface area contributed by atoms with Gasteiger partial charge in [0.1, 0.15) is 0 Å². The summed E-state index contributed by atoms with van der Waals surface area (Å²) in [5.74, 6) is 2.78. The van der Waals surface area contributed by atoms with Gasteiger partial charge in [-0.1, -0.05) is 249 Å². The van der Waals surface area contributed by atoms with Crippen LogP contribution in [0.4, 0.5) is 0 Å². The number of nitrogens with zero attached hydrogens (tertiary/aromatic N) is 9. The van der Waals surface area contributed by atoms with E-state index >= 15 is 0 Å². The van der Waals surface area contributed by atoms with Crippen LogP contribution in [0.3, 0.4) is 0 Å². The lowest BCUT2D eigenvalue weighted by atomic mass is 10.2. The van der Waals surface area contributed by atoms with E-state index in [1.807, 2.05) is 24.3 Å². The summed E-state index contributed by atoms with van der Waals surface area (Å²) in [7, 11) is -6.05. The number of fused-ring (bicyclic) bond motifs is 10. The Labute approximate surface area is 474 Å². The molecule has 11 heteroatoms. The molecule has 0 fully saturated rings. The van der Waals surface area contributed by atoms with Crippen LogP contribution in [0.2, 0.25) is 0 Å². The summed E-state index contributed by atoms with van der Waals surface area (Å²) < 4.78 is 8.79. The van der Waals surface area contributed by atoms with Crippen molar-refractivity contribution in [2.45, 2.75) is 0 Å². The first-order valence-electron chi connectivity index (χ1n) is 27.7. The van der Waals surface area contributed by atoms with Gasteiger partial charge in [0.25, 0.3) is 0 Å². The zero-order chi connectivity index (χ0) is 54.2. The molecule has 0 saturated carbocycles. The predicted molar refractivity (Wildman–Crippen MR) is 339 cm³/mol. The molecule has 16 aromatic rings. The summed E-state index contributed by atoms with van der Waals surface area (Å²) in [6.07, 6.45) is 0. The number of hydrogen-bond acceptors (Lipinski definition) is 5. The third-order valence-corrected chi connectivity index (χ3v) is 26.1. The Kier molecular flexibility index (Phi) is 11.0. The van der Waals surface area contributed by atoms with Crippen molar-refractivity contribution in [1.29, 1.82) is 0 Å². The van der Waals surface area contributed by atoms with E-state index in [0.717, 1.165) is 49.7 Å². The van der Waals surface area contributed by atoms with Gasteiger partial charge in [-0.25, -0.2) is 19.1 Å². The Balaban J connectivity index is 1.05. The van der Waals surface area contributed by atoms with E-state index in [0.29, 0.717) is 29.3 Å². The SMILES string of the molecule is c1ccc(-c2nc(-n3c4ccccc4n4c5ccccc5nc34)nc(-n3c4ccc([Si](c5ccccc5)(c5ccccc5)c5ccccc5)cc4n4c5cc([Si](c6ccccc6)(c6ccccc6)c6ccccc6)ccc5nc34)n2)cc1. The second-order valence-electron chi connectivity index (χ2n) is 20.9. The Morgan fingerprint density at radius 3 is 1.04 bits per heavy atom. The quantitative estimate of drug-likeness (QED) is 0.0953. The molecule has 82 heavy (non-hydrogen) atoms. The van der Waals surface area contributed by atoms with Crippen molar-refractivity contribution in [3.8, 4) is 23.3 Å². The number of rotatable bonds is 11. The maximum Gasteiger partial charge on any atom is 0.242 e. The number of hydrogen-bond donors (Lipinski definition) is 0. The molecular formula is C71H49N9Si2. The molecule has 0 N–H and O–H groups in total. The number of para-hydroxylation sites is 4. The minimum Gasteiger partial charge on any atom is -0.276 e. The number of imidazole rings is 4. The van der Waals surface area contributed by atoms with Gasteiger partial charge in [-0.3, -0.25) is 8.80 Å². The fourth-order valence-electron chi connectivity index (χ4n) is 13.1. The van der Waals surface area contributed by atoms with Crippen molar-refractivity contribution in [3.63, 3.8) is 0 Å². The highest BCUT2D eigenvalue weighted by atomic mass is 28.3. The molecule has 0 bridgehead atoms. The van der Waals surface area contributed by atoms with E-state index in [1.165, 1.54) is 41.5 Å². The third-order valence-electron chi connectivity index (χ3n) is 16.6. The fourth-order valence-corrected chi connectivity index (χ4v) is 22.6. The topological polar surface area (TPSA) is 83.1 Å². The van der Waals surface area contributed by atoms with Gasteiger partial charge >= 0.3 is 0 Å². The molecule has 16 rings (SSSR count). The Hall–Kier alpha value is -10.6. The summed E-state index contributed by atoms with van der Waals surface area (Å²) in [6.45, 7) is 0. The van der Waals surface area contributed by atoms with E-state index in [2.05, 4.69) is 291 Å². The van der Waals surface area contributed by atoms with Crippen LogP contribution in [0.1, 0.15) is 0 Å². The summed E-state index contributed by atoms with van der Waals surface area (Å²) in [5, 5.41) is 10.2. The van der Waals surface area contributed by atoms with Crippen molar-refractivity contribution in [2.75, 3.05) is 0 Å². The first kappa shape index (κ1) is 47.4. The van der Waals surface area contributed by atoms with E-state index in [-0.39, 0.29) is 0 Å². The largest absolute Gasteiger partial charge is 0.276 e. The summed E-state index contributed by atoms with van der Waals surface area (Å²) >= 11 is 0. The smallest absolute Gasteiger partial charge is 0.242 e. The van der Waals surface area contributed by atoms with E-state index in [1.54, 1.807) is 0 Å². The van der Waals surface area contributed by atoms with E-state index in [4.69, 9.17) is 24.9 Å². The molecule has 0 atom stereocenters. The molecule has 386 valence electrons. The normalized spacial score (nSPS) is 12.1. The van der Waals surface area contributed by atoms with Crippen molar-refractivity contribution < 1.29 is 0 Å². The molecule has 0 saturated heterocycles. The molecule has 0 spiro atoms. The first-order chi connectivity index (χ1) is 40.7. The van der Waals surface area contributed by atoms with Crippen molar-refractivity contribution in [3.05, 3.63) is 297 Å². The molecule has 0 radical (unpaired) electrons. The van der Waals surface area contributed by atoms with Gasteiger partial charge in [0, 0.05) is 5.56 Å². The highest BCUT2D eigenvalue weighted by molar-refractivity contribution is 7.20. The van der Waals surface area contributed by atoms with Crippen LogP contribution in [0, 0.1) is 0 Å². The Morgan fingerprint density at radius 1 is 0.232 bits per heavy atom. The summed E-state index contributed by atoms with van der Waals surface area (Å²) in [5.41, 5.74) is 8.38. The zero-order valence-corrected chi connectivity index (χ0v) is 46.3. The number of aromatic nitrogens is 9. The minimum atomic E-state index is -3.05. The van der Waals surface area contributed by atoms with Crippen LogP contribution < -0.4 is 41.5 Å². The van der Waals surface area contributed by atoms with Crippen LogP contribution in [-0.2, 0) is 0 Å². The van der Waals surface area contributed by atoms with Crippen molar-refractivity contribution >= 4 is 113 Å². The van der Waals surface area contributed by atoms with Crippen LogP contribution in [0.5, 0.6) is 0 Å². The molecular weight excluding hydrogens is 1040 g/mol. The van der Waals surface area contributed by atoms with Gasteiger partial charge < -0.3 is 0 Å². The molecule has 0 unspecified atom stereocenters. The zero-order valence-electron chi connectivity index (χ0n) is 44.3. The van der Waals surface area contributed by atoms with E-state index in [9.17, 15) is 0 Å². The second-order valence-corrected chi connectivity index (χ2v) is 28.5. The van der Waals surface area contributed by atoms with Crippen molar-refractivity contribution in [2.24, 2.45) is 0 Å². The van der Waals surface area contributed by atoms with Gasteiger partial charge in [0.2, 0.25) is 23.5 Å². The molecule has 5 aromatic heterocycles. The molecule has 5 heterocycles. The fraction of sp³-hybridized carbons (Fsp3) is 0. The molecule has 0 aliphatic heterocycles. The van der Waals surface area contributed by atoms with Gasteiger partial charge in [-0.2, -0.15) is 15.0 Å². The highest BCUT2D eigenvalue weighted by Crippen LogP contribution is 2.33. The third kappa shape index (κ3) is 7.13. The van der Waals surface area contributed by atoms with Crippen molar-refractivity contribution in [1.82, 2.24) is 42.9 Å². The summed E-state index contributed by atoms with van der Waals surface area (Å²) in [6, 6.07) is 108. The van der Waals surface area contributed by atoms with Crippen LogP contribution >= 0.6 is 0 Å². The number of benzene rings is 11. The molecule has 11 aromatic carbocycles. The summed E-state index contributed by atoms with van der Waals surface area (Å²) in [4.78, 5) is 27.4. The lowest BCUT2D eigenvalue weighted by Crippen LogP contribution is -2.74. The second kappa shape index (κ2) is 19.1. The average Bonchev–Trinajstić information content (AvgIpc) is 3.95. The minimum absolute atomic E-state index is 0.429. The molecule has 0 amide bonds. The Bertz CT molecular complexity index is 4840. The maximum absolute atomic E-state index is 5.69. The molecule has 9 nitrogen and oxygen atoms in total. The lowest BCUT2D eigenvalue weighted by molar-refractivity contribution is 0.877. The van der Waals surface area contributed by atoms with Gasteiger partial charge in [-0.05, 0) is 90.0 Å². The monoisotopic (exact) mass is 1080 g/mol. The van der Waals surface area contributed by atoms with E-state index < -0.39 is 16.1 Å². The van der Waals surface area contributed by atoms with Crippen LogP contribution in [-0.4, -0.2) is 59.0 Å². The molecule has 0 aliphatic carbocycles. The van der Waals surface area contributed by atoms with Gasteiger partial charge in [-0.15, -0.1) is 0 Å².